The van der Waals surface area contributed by atoms with Gasteiger partial charge in [-0.1, -0.05) is 12.8 Å². The smallest absolute Gasteiger partial charge is 0.0880 e. The van der Waals surface area contributed by atoms with Crippen molar-refractivity contribution in [3.63, 3.8) is 0 Å². The Kier molecular flexibility index (Phi) is 2.96. The van der Waals surface area contributed by atoms with Crippen LogP contribution in [0.3, 0.4) is 0 Å². The SMILES string of the molecule is Cc1cnn2cccc2c1N[C@@H]1CCCC[C@H]1N. The Balaban J connectivity index is 1.93. The Labute approximate surface area is 107 Å². The molecule has 4 heteroatoms. The zero-order chi connectivity index (χ0) is 12.5. The van der Waals surface area contributed by atoms with E-state index in [1.54, 1.807) is 0 Å². The molecular formula is C14H20N4. The van der Waals surface area contributed by atoms with Gasteiger partial charge in [0.15, 0.2) is 0 Å². The Hall–Kier alpha value is -1.55. The number of aryl methyl sites for hydroxylation is 1. The molecule has 3 N–H and O–H groups in total. The molecule has 0 aromatic carbocycles. The Morgan fingerprint density at radius 1 is 1.39 bits per heavy atom. The molecule has 96 valence electrons. The van der Waals surface area contributed by atoms with E-state index in [2.05, 4.69) is 23.4 Å². The van der Waals surface area contributed by atoms with Crippen molar-refractivity contribution in [2.45, 2.75) is 44.7 Å². The van der Waals surface area contributed by atoms with E-state index in [9.17, 15) is 0 Å². The lowest BCUT2D eigenvalue weighted by atomic mass is 9.90. The van der Waals surface area contributed by atoms with Gasteiger partial charge in [-0.3, -0.25) is 0 Å². The number of nitrogens with two attached hydrogens (primary N) is 1. The molecule has 4 nitrogen and oxygen atoms in total. The van der Waals surface area contributed by atoms with Gasteiger partial charge in [0.2, 0.25) is 0 Å². The van der Waals surface area contributed by atoms with Gasteiger partial charge in [-0.2, -0.15) is 5.10 Å². The second kappa shape index (κ2) is 4.61. The number of nitrogens with one attached hydrogen (secondary N) is 1. The minimum atomic E-state index is 0.265. The highest BCUT2D eigenvalue weighted by Crippen LogP contribution is 2.26. The van der Waals surface area contributed by atoms with E-state index in [4.69, 9.17) is 5.73 Å². The first kappa shape index (κ1) is 11.5. The van der Waals surface area contributed by atoms with E-state index in [1.165, 1.54) is 24.1 Å². The molecule has 18 heavy (non-hydrogen) atoms. The molecule has 0 aliphatic heterocycles. The molecule has 0 unspecified atom stereocenters. The maximum absolute atomic E-state index is 6.21. The van der Waals surface area contributed by atoms with Crippen LogP contribution in [0.1, 0.15) is 31.2 Å². The van der Waals surface area contributed by atoms with Gasteiger partial charge in [-0.05, 0) is 37.5 Å². The van der Waals surface area contributed by atoms with Crippen LogP contribution in [-0.2, 0) is 0 Å². The van der Waals surface area contributed by atoms with Crippen LogP contribution in [0.2, 0.25) is 0 Å². The largest absolute Gasteiger partial charge is 0.379 e. The summed E-state index contributed by atoms with van der Waals surface area (Å²) in [5.74, 6) is 0. The summed E-state index contributed by atoms with van der Waals surface area (Å²) in [5.41, 5.74) is 9.70. The molecule has 0 bridgehead atoms. The van der Waals surface area contributed by atoms with E-state index in [0.29, 0.717) is 6.04 Å². The number of aromatic nitrogens is 2. The van der Waals surface area contributed by atoms with E-state index < -0.39 is 0 Å². The maximum Gasteiger partial charge on any atom is 0.0880 e. The highest BCUT2D eigenvalue weighted by atomic mass is 15.2. The summed E-state index contributed by atoms with van der Waals surface area (Å²) in [7, 11) is 0. The Morgan fingerprint density at radius 2 is 2.22 bits per heavy atom. The standard InChI is InChI=1S/C14H20N4/c1-10-9-16-18-8-4-7-13(18)14(10)17-12-6-3-2-5-11(12)15/h4,7-9,11-12,17H,2-3,5-6,15H2,1H3/t11-,12-/m1/s1. The molecular weight excluding hydrogens is 224 g/mol. The molecule has 0 spiro atoms. The van der Waals surface area contributed by atoms with Gasteiger partial charge in [0.05, 0.1) is 17.4 Å². The van der Waals surface area contributed by atoms with Gasteiger partial charge in [-0.25, -0.2) is 4.52 Å². The van der Waals surface area contributed by atoms with Crippen LogP contribution in [0.25, 0.3) is 5.52 Å². The first-order valence-electron chi connectivity index (χ1n) is 6.71. The predicted octanol–water partition coefficient (Wildman–Crippen LogP) is 2.32. The second-order valence-corrected chi connectivity index (χ2v) is 5.24. The van der Waals surface area contributed by atoms with Crippen LogP contribution >= 0.6 is 0 Å². The van der Waals surface area contributed by atoms with Crippen LogP contribution < -0.4 is 11.1 Å². The van der Waals surface area contributed by atoms with Crippen molar-refractivity contribution < 1.29 is 0 Å². The topological polar surface area (TPSA) is 55.3 Å². The minimum Gasteiger partial charge on any atom is -0.379 e. The zero-order valence-corrected chi connectivity index (χ0v) is 10.8. The molecule has 1 fully saturated rings. The average Bonchev–Trinajstić information content (AvgIpc) is 2.83. The molecule has 1 aliphatic rings. The second-order valence-electron chi connectivity index (χ2n) is 5.24. The van der Waals surface area contributed by atoms with Crippen molar-refractivity contribution in [3.8, 4) is 0 Å². The van der Waals surface area contributed by atoms with Crippen LogP contribution in [0.15, 0.2) is 24.5 Å². The third-order valence-corrected chi connectivity index (χ3v) is 3.90. The van der Waals surface area contributed by atoms with E-state index in [1.807, 2.05) is 23.0 Å². The molecule has 1 aliphatic carbocycles. The normalized spacial score (nSPS) is 24.3. The fourth-order valence-electron chi connectivity index (χ4n) is 2.80. The Bertz CT molecular complexity index is 546. The summed E-state index contributed by atoms with van der Waals surface area (Å²) in [5, 5.41) is 8.00. The molecule has 1 saturated carbocycles. The van der Waals surface area contributed by atoms with Crippen LogP contribution in [0.4, 0.5) is 5.69 Å². The summed E-state index contributed by atoms with van der Waals surface area (Å²) in [6.45, 7) is 2.09. The molecule has 0 radical (unpaired) electrons. The number of nitrogens with zero attached hydrogens (tertiary/aromatic N) is 2. The summed E-state index contributed by atoms with van der Waals surface area (Å²) in [6, 6.07) is 4.77. The number of hydrogen-bond acceptors (Lipinski definition) is 3. The molecule has 2 heterocycles. The van der Waals surface area contributed by atoms with E-state index >= 15 is 0 Å². The zero-order valence-electron chi connectivity index (χ0n) is 10.8. The highest BCUT2D eigenvalue weighted by Gasteiger charge is 2.22. The maximum atomic E-state index is 6.21. The average molecular weight is 244 g/mol. The quantitative estimate of drug-likeness (QED) is 0.852. The van der Waals surface area contributed by atoms with Crippen LogP contribution in [0.5, 0.6) is 0 Å². The van der Waals surface area contributed by atoms with E-state index in [0.717, 1.165) is 18.4 Å². The first-order valence-corrected chi connectivity index (χ1v) is 6.71. The van der Waals surface area contributed by atoms with Crippen molar-refractivity contribution in [3.05, 3.63) is 30.1 Å². The van der Waals surface area contributed by atoms with Gasteiger partial charge in [0.25, 0.3) is 0 Å². The van der Waals surface area contributed by atoms with Crippen LogP contribution in [0, 0.1) is 6.92 Å². The lowest BCUT2D eigenvalue weighted by Crippen LogP contribution is -2.42. The van der Waals surface area contributed by atoms with Crippen molar-refractivity contribution in [1.82, 2.24) is 9.61 Å². The van der Waals surface area contributed by atoms with E-state index in [-0.39, 0.29) is 6.04 Å². The molecule has 2 atom stereocenters. The van der Waals surface area contributed by atoms with Crippen molar-refractivity contribution in [1.29, 1.82) is 0 Å². The number of anilines is 1. The molecule has 0 amide bonds. The summed E-state index contributed by atoms with van der Waals surface area (Å²) in [4.78, 5) is 0. The van der Waals surface area contributed by atoms with Gasteiger partial charge in [0.1, 0.15) is 0 Å². The molecule has 0 saturated heterocycles. The van der Waals surface area contributed by atoms with Gasteiger partial charge >= 0.3 is 0 Å². The summed E-state index contributed by atoms with van der Waals surface area (Å²) < 4.78 is 1.91. The van der Waals surface area contributed by atoms with Crippen molar-refractivity contribution in [2.24, 2.45) is 5.73 Å². The lowest BCUT2D eigenvalue weighted by molar-refractivity contribution is 0.404. The van der Waals surface area contributed by atoms with Crippen molar-refractivity contribution >= 4 is 11.2 Å². The first-order chi connectivity index (χ1) is 8.75. The predicted molar refractivity (Wildman–Crippen MR) is 73.8 cm³/mol. The minimum absolute atomic E-state index is 0.265. The number of hydrogen-bond donors (Lipinski definition) is 2. The Morgan fingerprint density at radius 3 is 3.06 bits per heavy atom. The third kappa shape index (κ3) is 1.97. The fourth-order valence-corrected chi connectivity index (χ4v) is 2.80. The van der Waals surface area contributed by atoms with Gasteiger partial charge in [0, 0.05) is 18.3 Å². The lowest BCUT2D eigenvalue weighted by Gasteiger charge is -2.30. The van der Waals surface area contributed by atoms with Gasteiger partial charge in [-0.15, -0.1) is 0 Å². The molecule has 2 aromatic rings. The number of rotatable bonds is 2. The summed E-state index contributed by atoms with van der Waals surface area (Å²) in [6.07, 6.45) is 8.70. The molecule has 2 aromatic heterocycles. The van der Waals surface area contributed by atoms with Crippen LogP contribution in [-0.4, -0.2) is 21.7 Å². The number of fused-ring (bicyclic) bond motifs is 1. The highest BCUT2D eigenvalue weighted by molar-refractivity contribution is 5.75. The molecule has 3 rings (SSSR count). The summed E-state index contributed by atoms with van der Waals surface area (Å²) >= 11 is 0. The van der Waals surface area contributed by atoms with Gasteiger partial charge < -0.3 is 11.1 Å². The monoisotopic (exact) mass is 244 g/mol. The fraction of sp³-hybridized carbons (Fsp3) is 0.500. The van der Waals surface area contributed by atoms with Crippen molar-refractivity contribution in [2.75, 3.05) is 5.32 Å². The third-order valence-electron chi connectivity index (χ3n) is 3.90.